The van der Waals surface area contributed by atoms with Gasteiger partial charge in [0.25, 0.3) is 32.4 Å². The number of carboxylic acid groups (broad SMARTS) is 5. The van der Waals surface area contributed by atoms with Crippen molar-refractivity contribution in [2.24, 2.45) is 0 Å². The van der Waals surface area contributed by atoms with Gasteiger partial charge in [0.2, 0.25) is 0 Å². The van der Waals surface area contributed by atoms with Crippen LogP contribution in [0, 0.1) is 0 Å². The Labute approximate surface area is 101 Å². The Hall–Kier alpha value is -2.05. The van der Waals surface area contributed by atoms with Crippen LogP contribution in [0.3, 0.4) is 0 Å². The van der Waals surface area contributed by atoms with Crippen LogP contribution in [-0.2, 0) is 24.0 Å². The van der Waals surface area contributed by atoms with E-state index in [1.165, 1.54) is 0 Å². The molecule has 0 radical (unpaired) electrons. The zero-order valence-electron chi connectivity index (χ0n) is 7.16. The van der Waals surface area contributed by atoms with E-state index in [9.17, 15) is 0 Å². The average Bonchev–Trinajstić information content (AvgIpc) is 2.09. The van der Waals surface area contributed by atoms with Gasteiger partial charge in [-0.05, 0) is 0 Å². The Kier molecular flexibility index (Phi) is 492. The van der Waals surface area contributed by atoms with Crippen LogP contribution >= 0.6 is 0 Å². The van der Waals surface area contributed by atoms with Gasteiger partial charge in [0.1, 0.15) is 0 Å². The second kappa shape index (κ2) is 213. The van der Waals surface area contributed by atoms with Crippen molar-refractivity contribution in [2.45, 2.75) is 0 Å². The molecule has 0 aliphatic rings. The van der Waals surface area contributed by atoms with Crippen LogP contribution in [0.5, 0.6) is 0 Å². The predicted octanol–water partition coefficient (Wildman–Crippen LogP) is -2.14. The molecule has 0 aromatic rings. The van der Waals surface area contributed by atoms with Crippen molar-refractivity contribution < 1.29 is 49.5 Å². The predicted molar refractivity (Wildman–Crippen MR) is 50.6 cm³/mol. The zero-order valence-corrected chi connectivity index (χ0v) is 7.16. The molecule has 0 bridgehead atoms. The topological polar surface area (TPSA) is 186 Å². The Morgan fingerprint density at radius 1 is 0.438 bits per heavy atom. The van der Waals surface area contributed by atoms with Crippen LogP contribution in [0.1, 0.15) is 0 Å². The van der Waals surface area contributed by atoms with Crippen molar-refractivity contribution in [3.05, 3.63) is 0 Å². The summed E-state index contributed by atoms with van der Waals surface area (Å²) in [6.45, 7) is -1.25. The molecule has 0 aliphatic carbocycles. The Bertz CT molecular complexity index is 91.5. The molecule has 10 nitrogen and oxygen atoms in total. The molecule has 0 saturated heterocycles. The first-order chi connectivity index (χ1) is 7.07. The van der Waals surface area contributed by atoms with Crippen molar-refractivity contribution in [2.75, 3.05) is 0 Å². The van der Waals surface area contributed by atoms with Gasteiger partial charge in [-0.3, -0.25) is 24.0 Å². The summed E-state index contributed by atoms with van der Waals surface area (Å²) in [6.07, 6.45) is 0. The first-order valence-electron chi connectivity index (χ1n) is 2.47. The number of hydrogen-bond acceptors (Lipinski definition) is 5. The fourth-order valence-corrected chi connectivity index (χ4v) is 0. The number of rotatable bonds is 0. The van der Waals surface area contributed by atoms with Crippen LogP contribution < -0.4 is 0 Å². The summed E-state index contributed by atoms with van der Waals surface area (Å²) in [5, 5.41) is 34.4. The average molecular weight is 238 g/mol. The Morgan fingerprint density at radius 2 is 0.438 bits per heavy atom. The Morgan fingerprint density at radius 3 is 0.438 bits per heavy atom. The van der Waals surface area contributed by atoms with Gasteiger partial charge < -0.3 is 25.5 Å². The van der Waals surface area contributed by atoms with Crippen LogP contribution in [0.4, 0.5) is 0 Å². The minimum absolute atomic E-state index is 0. The van der Waals surface area contributed by atoms with Gasteiger partial charge in [0, 0.05) is 0 Å². The summed E-state index contributed by atoms with van der Waals surface area (Å²) in [4.78, 5) is 41.8. The van der Waals surface area contributed by atoms with Crippen LogP contribution in [0.2, 0.25) is 0 Å². The zero-order chi connectivity index (χ0) is 13.5. The van der Waals surface area contributed by atoms with Gasteiger partial charge in [-0.2, -0.15) is 0 Å². The molecule has 5 N–H and O–H groups in total. The molecule has 11 heteroatoms. The Balaban J connectivity index is -0.0000000192. The second-order valence-electron chi connectivity index (χ2n) is 0.527. The molecule has 0 heterocycles. The normalized spacial score (nSPS) is 3.75. The van der Waals surface area contributed by atoms with Gasteiger partial charge in [-0.1, -0.05) is 0 Å². The third-order valence-corrected chi connectivity index (χ3v) is 0. The van der Waals surface area contributed by atoms with Gasteiger partial charge in [0.15, 0.2) is 0 Å². The second-order valence-corrected chi connectivity index (χ2v) is 0.527. The molecule has 92 valence electrons. The summed E-state index contributed by atoms with van der Waals surface area (Å²) in [5.41, 5.74) is 0. The summed E-state index contributed by atoms with van der Waals surface area (Å²) < 4.78 is 0. The van der Waals surface area contributed by atoms with E-state index in [0.29, 0.717) is 0 Å². The molecule has 0 amide bonds. The summed E-state index contributed by atoms with van der Waals surface area (Å²) in [6, 6.07) is 0. The third-order valence-electron chi connectivity index (χ3n) is 0. The number of hydrogen-bond donors (Lipinski definition) is 5. The molecular formula is C5H11LiO10. The van der Waals surface area contributed by atoms with Crippen molar-refractivity contribution >= 4 is 51.2 Å². The van der Waals surface area contributed by atoms with Crippen molar-refractivity contribution in [3.63, 3.8) is 0 Å². The van der Waals surface area contributed by atoms with E-state index in [1.54, 1.807) is 0 Å². The fraction of sp³-hybridized carbons (Fsp3) is 0. The molecule has 0 rings (SSSR count). The van der Waals surface area contributed by atoms with E-state index in [1.807, 2.05) is 0 Å². The van der Waals surface area contributed by atoms with Gasteiger partial charge in [-0.25, -0.2) is 0 Å². The molecular weight excluding hydrogens is 227 g/mol. The first-order valence-corrected chi connectivity index (χ1v) is 2.47. The molecule has 0 atom stereocenters. The van der Waals surface area contributed by atoms with Crippen LogP contribution in [-0.4, -0.2) is 76.8 Å². The molecule has 16 heavy (non-hydrogen) atoms. The fourth-order valence-electron chi connectivity index (χ4n) is 0. The van der Waals surface area contributed by atoms with Gasteiger partial charge in [0.05, 0.1) is 0 Å². The van der Waals surface area contributed by atoms with Crippen molar-refractivity contribution in [3.8, 4) is 0 Å². The monoisotopic (exact) mass is 238 g/mol. The van der Waals surface area contributed by atoms with Gasteiger partial charge in [-0.15, -0.1) is 0 Å². The number of carbonyl (C=O) groups is 5. The molecule has 0 spiro atoms. The molecule has 0 fully saturated rings. The minimum atomic E-state index is -0.250. The standard InChI is InChI=1S/5CH2O2.Li.H/c5*2-1-3;;/h5*1H,(H,2,3);;. The summed E-state index contributed by atoms with van der Waals surface area (Å²) in [5.74, 6) is 0. The van der Waals surface area contributed by atoms with Gasteiger partial charge >= 0.3 is 18.9 Å². The van der Waals surface area contributed by atoms with E-state index >= 15 is 0 Å². The van der Waals surface area contributed by atoms with Crippen LogP contribution in [0.25, 0.3) is 0 Å². The van der Waals surface area contributed by atoms with Crippen molar-refractivity contribution in [1.82, 2.24) is 0 Å². The maximum absolute atomic E-state index is 8.36. The third kappa shape index (κ3) is 340. The van der Waals surface area contributed by atoms with E-state index < -0.39 is 0 Å². The van der Waals surface area contributed by atoms with E-state index in [0.717, 1.165) is 0 Å². The summed E-state index contributed by atoms with van der Waals surface area (Å²) >= 11 is 0. The molecule has 0 unspecified atom stereocenters. The van der Waals surface area contributed by atoms with E-state index in [2.05, 4.69) is 0 Å². The summed E-state index contributed by atoms with van der Waals surface area (Å²) in [7, 11) is 0. The van der Waals surface area contributed by atoms with E-state index in [-0.39, 0.29) is 51.2 Å². The molecule has 0 saturated carbocycles. The molecule has 0 aliphatic heterocycles. The van der Waals surface area contributed by atoms with E-state index in [4.69, 9.17) is 49.5 Å². The van der Waals surface area contributed by atoms with Crippen molar-refractivity contribution in [1.29, 1.82) is 0 Å². The quantitative estimate of drug-likeness (QED) is 0.230. The SMILES string of the molecule is O=CO.O=CO.O=CO.O=CO.O=CO.[LiH]. The first kappa shape index (κ1) is 37.0. The molecule has 0 aromatic heterocycles. The van der Waals surface area contributed by atoms with Crippen LogP contribution in [0.15, 0.2) is 0 Å². The maximum atomic E-state index is 8.36. The molecule has 0 aromatic carbocycles.